The Morgan fingerprint density at radius 3 is 1.86 bits per heavy atom. The molecule has 0 aromatic carbocycles. The van der Waals surface area contributed by atoms with Crippen LogP contribution < -0.4 is 4.73 Å². The molecular weight excluding hydrogens is 174 g/mol. The van der Waals surface area contributed by atoms with Gasteiger partial charge in [0.15, 0.2) is 11.4 Å². The fourth-order valence-electron chi connectivity index (χ4n) is 1.73. The van der Waals surface area contributed by atoms with Crippen LogP contribution in [-0.2, 0) is 12.8 Å². The van der Waals surface area contributed by atoms with Crippen molar-refractivity contribution in [1.29, 1.82) is 0 Å². The Morgan fingerprint density at radius 2 is 1.50 bits per heavy atom. The maximum Gasteiger partial charge on any atom is 0.193 e. The summed E-state index contributed by atoms with van der Waals surface area (Å²) in [6, 6.07) is 3.99. The second kappa shape index (κ2) is 4.99. The van der Waals surface area contributed by atoms with Crippen molar-refractivity contribution in [3.63, 3.8) is 0 Å². The zero-order valence-electron chi connectivity index (χ0n) is 9.34. The molecule has 0 N–H and O–H groups in total. The summed E-state index contributed by atoms with van der Waals surface area (Å²) in [5.41, 5.74) is 3.02. The Labute approximate surface area is 86.2 Å². The maximum absolute atomic E-state index is 11.8. The Hall–Kier alpha value is -1.05. The van der Waals surface area contributed by atoms with Crippen LogP contribution in [0.1, 0.15) is 43.6 Å². The van der Waals surface area contributed by atoms with Gasteiger partial charge >= 0.3 is 0 Å². The van der Waals surface area contributed by atoms with Crippen LogP contribution in [0.4, 0.5) is 0 Å². The molecule has 0 bridgehead atoms. The van der Waals surface area contributed by atoms with Gasteiger partial charge in [-0.05, 0) is 25.3 Å². The molecule has 0 saturated carbocycles. The zero-order valence-corrected chi connectivity index (χ0v) is 9.34. The van der Waals surface area contributed by atoms with Crippen molar-refractivity contribution < 1.29 is 4.73 Å². The summed E-state index contributed by atoms with van der Waals surface area (Å²) in [5, 5.41) is 11.8. The predicted molar refractivity (Wildman–Crippen MR) is 58.1 cm³/mol. The van der Waals surface area contributed by atoms with Crippen LogP contribution in [0.25, 0.3) is 0 Å². The molecule has 1 rings (SSSR count). The lowest BCUT2D eigenvalue weighted by Gasteiger charge is -2.09. The maximum atomic E-state index is 11.8. The van der Waals surface area contributed by atoms with Gasteiger partial charge in [0.05, 0.1) is 0 Å². The van der Waals surface area contributed by atoms with Crippen molar-refractivity contribution in [2.45, 2.75) is 46.5 Å². The summed E-state index contributed by atoms with van der Waals surface area (Å²) < 4.78 is 1.11. The summed E-state index contributed by atoms with van der Waals surface area (Å²) in [4.78, 5) is 0. The van der Waals surface area contributed by atoms with E-state index in [2.05, 4.69) is 20.8 Å². The molecule has 0 unspecified atom stereocenters. The molecule has 2 heteroatoms. The Kier molecular flexibility index (Phi) is 3.93. The quantitative estimate of drug-likeness (QED) is 0.533. The van der Waals surface area contributed by atoms with Crippen molar-refractivity contribution in [3.05, 3.63) is 34.3 Å². The lowest BCUT2D eigenvalue weighted by molar-refractivity contribution is -0.622. The number of rotatable bonds is 4. The van der Waals surface area contributed by atoms with Crippen molar-refractivity contribution in [2.24, 2.45) is 0 Å². The van der Waals surface area contributed by atoms with E-state index in [0.717, 1.165) is 41.8 Å². The molecule has 14 heavy (non-hydrogen) atoms. The van der Waals surface area contributed by atoms with Crippen LogP contribution in [0, 0.1) is 12.1 Å². The highest BCUT2D eigenvalue weighted by molar-refractivity contribution is 5.15. The third-order valence-corrected chi connectivity index (χ3v) is 2.32. The van der Waals surface area contributed by atoms with Crippen molar-refractivity contribution in [1.82, 2.24) is 0 Å². The first kappa shape index (κ1) is 11.0. The highest BCUT2D eigenvalue weighted by atomic mass is 16.5. The molecule has 78 valence electrons. The van der Waals surface area contributed by atoms with Crippen LogP contribution in [0.2, 0.25) is 0 Å². The van der Waals surface area contributed by atoms with Gasteiger partial charge in [-0.3, -0.25) is 0 Å². The number of hydrogen-bond acceptors (Lipinski definition) is 1. The van der Waals surface area contributed by atoms with Gasteiger partial charge in [-0.2, -0.15) is 4.73 Å². The molecule has 0 aliphatic heterocycles. The van der Waals surface area contributed by atoms with Gasteiger partial charge in [-0.15, -0.1) is 0 Å². The monoisotopic (exact) mass is 193 g/mol. The number of pyridine rings is 1. The average Bonchev–Trinajstić information content (AvgIpc) is 2.14. The second-order valence-electron chi connectivity index (χ2n) is 3.81. The smallest absolute Gasteiger partial charge is 0.193 e. The van der Waals surface area contributed by atoms with Gasteiger partial charge in [0.2, 0.25) is 0 Å². The number of aromatic nitrogens is 1. The summed E-state index contributed by atoms with van der Waals surface area (Å²) in [7, 11) is 0. The van der Waals surface area contributed by atoms with E-state index < -0.39 is 0 Å². The van der Waals surface area contributed by atoms with E-state index in [-0.39, 0.29) is 0 Å². The Bertz CT molecular complexity index is 280. The first-order chi connectivity index (χ1) is 6.69. The van der Waals surface area contributed by atoms with E-state index in [4.69, 9.17) is 0 Å². The lowest BCUT2D eigenvalue weighted by atomic mass is 10.1. The Balaban J connectivity index is 3.04. The normalized spacial score (nSPS) is 10.5. The minimum atomic E-state index is 0.877. The molecule has 0 spiro atoms. The molecule has 0 atom stereocenters. The van der Waals surface area contributed by atoms with Crippen molar-refractivity contribution in [3.8, 4) is 0 Å². The molecule has 0 amide bonds. The molecule has 0 aliphatic carbocycles. The largest absolute Gasteiger partial charge is 0.618 e. The third kappa shape index (κ3) is 2.47. The van der Waals surface area contributed by atoms with E-state index in [1.807, 2.05) is 12.1 Å². The predicted octanol–water partition coefficient (Wildman–Crippen LogP) is 2.53. The van der Waals surface area contributed by atoms with Gasteiger partial charge in [0.25, 0.3) is 0 Å². The molecule has 1 heterocycles. The fraction of sp³-hybridized carbons (Fsp3) is 0.583. The molecule has 0 aliphatic rings. The first-order valence-corrected chi connectivity index (χ1v) is 5.41. The zero-order chi connectivity index (χ0) is 10.6. The third-order valence-electron chi connectivity index (χ3n) is 2.32. The summed E-state index contributed by atoms with van der Waals surface area (Å²) in [6.07, 6.45) is 3.80. The SMILES string of the molecule is CCCc1cc(C)cc(CCC)[n+]1[O-]. The van der Waals surface area contributed by atoms with E-state index in [1.54, 1.807) is 0 Å². The van der Waals surface area contributed by atoms with Crippen LogP contribution in [0.3, 0.4) is 0 Å². The Morgan fingerprint density at radius 1 is 1.07 bits per heavy atom. The fourth-order valence-corrected chi connectivity index (χ4v) is 1.73. The topological polar surface area (TPSA) is 26.9 Å². The lowest BCUT2D eigenvalue weighted by Crippen LogP contribution is -2.36. The van der Waals surface area contributed by atoms with Crippen LogP contribution in [0.5, 0.6) is 0 Å². The van der Waals surface area contributed by atoms with Gasteiger partial charge < -0.3 is 5.21 Å². The van der Waals surface area contributed by atoms with Crippen LogP contribution >= 0.6 is 0 Å². The summed E-state index contributed by atoms with van der Waals surface area (Å²) in [6.45, 7) is 6.25. The van der Waals surface area contributed by atoms with Gasteiger partial charge in [0.1, 0.15) is 0 Å². The van der Waals surface area contributed by atoms with Gasteiger partial charge in [0, 0.05) is 25.0 Å². The molecule has 2 nitrogen and oxygen atoms in total. The molecule has 0 radical (unpaired) electrons. The molecule has 0 saturated heterocycles. The van der Waals surface area contributed by atoms with Crippen molar-refractivity contribution in [2.75, 3.05) is 0 Å². The summed E-state index contributed by atoms with van der Waals surface area (Å²) >= 11 is 0. The highest BCUT2D eigenvalue weighted by Gasteiger charge is 2.10. The molecule has 0 fully saturated rings. The number of nitrogens with zero attached hydrogens (tertiary/aromatic N) is 1. The molecule has 1 aromatic rings. The minimum Gasteiger partial charge on any atom is -0.618 e. The van der Waals surface area contributed by atoms with E-state index in [0.29, 0.717) is 0 Å². The van der Waals surface area contributed by atoms with Gasteiger partial charge in [-0.25, -0.2) is 0 Å². The summed E-state index contributed by atoms with van der Waals surface area (Å²) in [5.74, 6) is 0. The minimum absolute atomic E-state index is 0.877. The average molecular weight is 193 g/mol. The van der Waals surface area contributed by atoms with E-state index in [1.165, 1.54) is 5.56 Å². The molecule has 1 aromatic heterocycles. The van der Waals surface area contributed by atoms with Crippen LogP contribution in [0.15, 0.2) is 12.1 Å². The standard InChI is InChI=1S/C12H19NO/c1-4-6-11-8-10(3)9-12(7-5-2)13(11)14/h8-9H,4-7H2,1-3H3. The highest BCUT2D eigenvalue weighted by Crippen LogP contribution is 2.06. The number of hydrogen-bond donors (Lipinski definition) is 0. The van der Waals surface area contributed by atoms with E-state index >= 15 is 0 Å². The van der Waals surface area contributed by atoms with Crippen LogP contribution in [-0.4, -0.2) is 0 Å². The first-order valence-electron chi connectivity index (χ1n) is 5.41. The van der Waals surface area contributed by atoms with Crippen molar-refractivity contribution >= 4 is 0 Å². The second-order valence-corrected chi connectivity index (χ2v) is 3.81. The number of aryl methyl sites for hydroxylation is 3. The van der Waals surface area contributed by atoms with E-state index in [9.17, 15) is 5.21 Å². The van der Waals surface area contributed by atoms with Gasteiger partial charge in [-0.1, -0.05) is 13.8 Å². The molecular formula is C12H19NO.